The average molecular weight is 262 g/mol. The highest BCUT2D eigenvalue weighted by Gasteiger charge is 2.28. The minimum Gasteiger partial charge on any atom is -0.376 e. The quantitative estimate of drug-likeness (QED) is 0.821. The zero-order valence-corrected chi connectivity index (χ0v) is 11.2. The van der Waals surface area contributed by atoms with E-state index in [1.54, 1.807) is 0 Å². The number of nitrogens with one attached hydrogen (secondary N) is 1. The van der Waals surface area contributed by atoms with E-state index < -0.39 is 0 Å². The Hall–Kier alpha value is -1.39. The Morgan fingerprint density at radius 2 is 2.21 bits per heavy atom. The first-order valence-corrected chi connectivity index (χ1v) is 6.97. The molecule has 3 N–H and O–H groups in total. The first-order chi connectivity index (χ1) is 9.31. The standard InChI is InChI=1S/C15H22N2O2/c16-10-4-9-14(18)17-15(13-8-5-11-19-13)12-6-2-1-3-7-12/h1-3,6-7,13,15H,4-5,8-11,16H2,(H,17,18)/t13-,15-/m0/s1. The molecule has 2 atom stereocenters. The fraction of sp³-hybridized carbons (Fsp3) is 0.533. The third-order valence-electron chi connectivity index (χ3n) is 3.42. The van der Waals surface area contributed by atoms with Crippen LogP contribution in [0, 0.1) is 0 Å². The van der Waals surface area contributed by atoms with Crippen molar-refractivity contribution < 1.29 is 9.53 Å². The van der Waals surface area contributed by atoms with Gasteiger partial charge in [0.2, 0.25) is 5.91 Å². The fourth-order valence-electron chi connectivity index (χ4n) is 2.42. The number of nitrogens with two attached hydrogens (primary N) is 1. The minimum absolute atomic E-state index is 0.0472. The van der Waals surface area contributed by atoms with Gasteiger partial charge in [0.25, 0.3) is 0 Å². The Balaban J connectivity index is 2.04. The molecule has 2 rings (SSSR count). The van der Waals surface area contributed by atoms with Gasteiger partial charge in [-0.15, -0.1) is 0 Å². The van der Waals surface area contributed by atoms with Crippen molar-refractivity contribution in [3.05, 3.63) is 35.9 Å². The number of carbonyl (C=O) groups excluding carboxylic acids is 1. The van der Waals surface area contributed by atoms with Crippen LogP contribution in [0.3, 0.4) is 0 Å². The van der Waals surface area contributed by atoms with Crippen LogP contribution in [0.2, 0.25) is 0 Å². The summed E-state index contributed by atoms with van der Waals surface area (Å²) in [5, 5.41) is 3.09. The van der Waals surface area contributed by atoms with Crippen molar-refractivity contribution in [2.45, 2.75) is 37.8 Å². The van der Waals surface area contributed by atoms with Crippen molar-refractivity contribution in [2.24, 2.45) is 5.73 Å². The van der Waals surface area contributed by atoms with Crippen LogP contribution in [0.25, 0.3) is 0 Å². The average Bonchev–Trinajstić information content (AvgIpc) is 2.97. The van der Waals surface area contributed by atoms with Crippen molar-refractivity contribution in [3.63, 3.8) is 0 Å². The van der Waals surface area contributed by atoms with Crippen LogP contribution in [0.15, 0.2) is 30.3 Å². The van der Waals surface area contributed by atoms with Crippen LogP contribution in [-0.2, 0) is 9.53 Å². The van der Waals surface area contributed by atoms with E-state index in [9.17, 15) is 4.79 Å². The summed E-state index contributed by atoms with van der Waals surface area (Å²) in [7, 11) is 0. The van der Waals surface area contributed by atoms with E-state index in [1.807, 2.05) is 30.3 Å². The minimum atomic E-state index is -0.0472. The molecule has 1 aromatic carbocycles. The van der Waals surface area contributed by atoms with Gasteiger partial charge in [-0.2, -0.15) is 0 Å². The Labute approximate surface area is 114 Å². The molecule has 0 radical (unpaired) electrons. The molecule has 0 unspecified atom stereocenters. The van der Waals surface area contributed by atoms with Crippen LogP contribution in [0.5, 0.6) is 0 Å². The summed E-state index contributed by atoms with van der Waals surface area (Å²) >= 11 is 0. The van der Waals surface area contributed by atoms with Crippen molar-refractivity contribution >= 4 is 5.91 Å². The molecule has 0 aliphatic carbocycles. The topological polar surface area (TPSA) is 64.4 Å². The van der Waals surface area contributed by atoms with Gasteiger partial charge in [0, 0.05) is 13.0 Å². The molecular weight excluding hydrogens is 240 g/mol. The second-order valence-corrected chi connectivity index (χ2v) is 4.90. The molecule has 1 amide bonds. The fourth-order valence-corrected chi connectivity index (χ4v) is 2.42. The first-order valence-electron chi connectivity index (χ1n) is 6.97. The smallest absolute Gasteiger partial charge is 0.220 e. The summed E-state index contributed by atoms with van der Waals surface area (Å²) in [6.07, 6.45) is 3.35. The summed E-state index contributed by atoms with van der Waals surface area (Å²) in [5.41, 5.74) is 6.54. The third kappa shape index (κ3) is 4.04. The van der Waals surface area contributed by atoms with E-state index in [0.717, 1.165) is 31.4 Å². The summed E-state index contributed by atoms with van der Waals surface area (Å²) in [4.78, 5) is 11.9. The lowest BCUT2D eigenvalue weighted by Gasteiger charge is -2.24. The highest BCUT2D eigenvalue weighted by Crippen LogP contribution is 2.26. The predicted molar refractivity (Wildman–Crippen MR) is 74.6 cm³/mol. The molecule has 1 saturated heterocycles. The molecule has 1 heterocycles. The molecule has 19 heavy (non-hydrogen) atoms. The number of amides is 1. The second kappa shape index (κ2) is 7.26. The van der Waals surface area contributed by atoms with Crippen LogP contribution < -0.4 is 11.1 Å². The number of rotatable bonds is 6. The molecular formula is C15H22N2O2. The summed E-state index contributed by atoms with van der Waals surface area (Å²) < 4.78 is 5.74. The molecule has 0 saturated carbocycles. The Kier molecular flexibility index (Phi) is 5.36. The molecule has 1 aromatic rings. The van der Waals surface area contributed by atoms with E-state index in [2.05, 4.69) is 5.32 Å². The number of ether oxygens (including phenoxy) is 1. The lowest BCUT2D eigenvalue weighted by Crippen LogP contribution is -2.36. The van der Waals surface area contributed by atoms with Gasteiger partial charge in [0.15, 0.2) is 0 Å². The summed E-state index contributed by atoms with van der Waals surface area (Å²) in [6, 6.07) is 9.98. The molecule has 104 valence electrons. The molecule has 4 heteroatoms. The van der Waals surface area contributed by atoms with Crippen LogP contribution in [0.1, 0.15) is 37.3 Å². The Morgan fingerprint density at radius 1 is 1.42 bits per heavy atom. The van der Waals surface area contributed by atoms with E-state index in [-0.39, 0.29) is 18.1 Å². The summed E-state index contributed by atoms with van der Waals surface area (Å²) in [6.45, 7) is 1.33. The number of hydrogen-bond acceptors (Lipinski definition) is 3. The van der Waals surface area contributed by atoms with E-state index in [1.165, 1.54) is 0 Å². The zero-order valence-electron chi connectivity index (χ0n) is 11.2. The maximum Gasteiger partial charge on any atom is 0.220 e. The maximum atomic E-state index is 11.9. The Bertz CT molecular complexity index is 388. The molecule has 1 fully saturated rings. The van der Waals surface area contributed by atoms with E-state index in [0.29, 0.717) is 13.0 Å². The highest BCUT2D eigenvalue weighted by atomic mass is 16.5. The lowest BCUT2D eigenvalue weighted by molar-refractivity contribution is -0.122. The van der Waals surface area contributed by atoms with Crippen molar-refractivity contribution in [1.82, 2.24) is 5.32 Å². The number of carbonyl (C=O) groups is 1. The highest BCUT2D eigenvalue weighted by molar-refractivity contribution is 5.76. The molecule has 1 aliphatic rings. The molecule has 4 nitrogen and oxygen atoms in total. The summed E-state index contributed by atoms with van der Waals surface area (Å²) in [5.74, 6) is 0.0507. The van der Waals surface area contributed by atoms with Gasteiger partial charge >= 0.3 is 0 Å². The van der Waals surface area contributed by atoms with Gasteiger partial charge in [-0.1, -0.05) is 30.3 Å². The van der Waals surface area contributed by atoms with Gasteiger partial charge < -0.3 is 15.8 Å². The van der Waals surface area contributed by atoms with Crippen LogP contribution in [-0.4, -0.2) is 25.2 Å². The Morgan fingerprint density at radius 3 is 2.84 bits per heavy atom. The largest absolute Gasteiger partial charge is 0.376 e. The lowest BCUT2D eigenvalue weighted by atomic mass is 9.99. The third-order valence-corrected chi connectivity index (χ3v) is 3.42. The van der Waals surface area contributed by atoms with Gasteiger partial charge in [-0.3, -0.25) is 4.79 Å². The van der Waals surface area contributed by atoms with Gasteiger partial charge in [0.05, 0.1) is 12.1 Å². The number of benzene rings is 1. The first kappa shape index (κ1) is 14.0. The maximum absolute atomic E-state index is 11.9. The normalized spacial score (nSPS) is 20.2. The predicted octanol–water partition coefficient (Wildman–Crippen LogP) is 1.76. The van der Waals surface area contributed by atoms with Crippen molar-refractivity contribution in [3.8, 4) is 0 Å². The molecule has 0 bridgehead atoms. The monoisotopic (exact) mass is 262 g/mol. The molecule has 0 spiro atoms. The van der Waals surface area contributed by atoms with E-state index in [4.69, 9.17) is 10.5 Å². The van der Waals surface area contributed by atoms with Crippen molar-refractivity contribution in [2.75, 3.05) is 13.2 Å². The van der Waals surface area contributed by atoms with Crippen molar-refractivity contribution in [1.29, 1.82) is 0 Å². The van der Waals surface area contributed by atoms with Gasteiger partial charge in [-0.25, -0.2) is 0 Å². The zero-order chi connectivity index (χ0) is 13.5. The van der Waals surface area contributed by atoms with Crippen LogP contribution in [0.4, 0.5) is 0 Å². The molecule has 0 aromatic heterocycles. The van der Waals surface area contributed by atoms with Crippen LogP contribution >= 0.6 is 0 Å². The van der Waals surface area contributed by atoms with Gasteiger partial charge in [0.1, 0.15) is 0 Å². The van der Waals surface area contributed by atoms with E-state index >= 15 is 0 Å². The second-order valence-electron chi connectivity index (χ2n) is 4.90. The SMILES string of the molecule is NCCCC(=O)N[C@@H](c1ccccc1)[C@@H]1CCCO1. The number of hydrogen-bond donors (Lipinski definition) is 2. The van der Waals surface area contributed by atoms with Gasteiger partial charge in [-0.05, 0) is 31.4 Å². The molecule has 1 aliphatic heterocycles.